The molecule has 0 spiro atoms. The van der Waals surface area contributed by atoms with Crippen molar-refractivity contribution >= 4 is 17.2 Å². The number of hydrogen-bond donors (Lipinski definition) is 1. The third-order valence-corrected chi connectivity index (χ3v) is 3.16. The molecule has 3 aromatic rings. The van der Waals surface area contributed by atoms with E-state index in [0.717, 1.165) is 5.56 Å². The van der Waals surface area contributed by atoms with E-state index in [-0.39, 0.29) is 11.3 Å². The van der Waals surface area contributed by atoms with Gasteiger partial charge in [0.1, 0.15) is 16.9 Å². The minimum absolute atomic E-state index is 0.0737. The van der Waals surface area contributed by atoms with Gasteiger partial charge in [-0.05, 0) is 17.7 Å². The molecule has 0 fully saturated rings. The van der Waals surface area contributed by atoms with E-state index < -0.39 is 5.63 Å². The minimum Gasteiger partial charge on any atom is -0.506 e. The van der Waals surface area contributed by atoms with Crippen LogP contribution in [0.25, 0.3) is 11.0 Å². The van der Waals surface area contributed by atoms with Crippen LogP contribution in [0.15, 0.2) is 68.8 Å². The Balaban J connectivity index is 1.95. The predicted octanol–water partition coefficient (Wildman–Crippen LogP) is 3.12. The normalized spacial score (nSPS) is 11.2. The monoisotopic (exact) mass is 279 g/mol. The molecule has 0 aliphatic rings. The van der Waals surface area contributed by atoms with Crippen LogP contribution in [0.2, 0.25) is 0 Å². The van der Waals surface area contributed by atoms with Crippen molar-refractivity contribution in [3.8, 4) is 5.75 Å². The van der Waals surface area contributed by atoms with E-state index in [1.165, 1.54) is 6.21 Å². The Morgan fingerprint density at radius 3 is 2.57 bits per heavy atom. The summed E-state index contributed by atoms with van der Waals surface area (Å²) >= 11 is 0. The number of benzene rings is 2. The minimum atomic E-state index is -0.594. The average Bonchev–Trinajstić information content (AvgIpc) is 2.51. The highest BCUT2D eigenvalue weighted by atomic mass is 16.4. The van der Waals surface area contributed by atoms with Gasteiger partial charge in [0.05, 0.1) is 11.9 Å². The van der Waals surface area contributed by atoms with Crippen molar-refractivity contribution in [3.05, 3.63) is 76.1 Å². The zero-order valence-corrected chi connectivity index (χ0v) is 11.2. The average molecular weight is 279 g/mol. The molecule has 4 nitrogen and oxygen atoms in total. The van der Waals surface area contributed by atoms with E-state index in [1.807, 2.05) is 30.3 Å². The second-order valence-corrected chi connectivity index (χ2v) is 4.60. The molecule has 0 unspecified atom stereocenters. The van der Waals surface area contributed by atoms with E-state index in [9.17, 15) is 9.90 Å². The molecule has 1 aromatic heterocycles. The summed E-state index contributed by atoms with van der Waals surface area (Å²) < 4.78 is 5.17. The summed E-state index contributed by atoms with van der Waals surface area (Å²) in [5.41, 5.74) is 0.867. The maximum Gasteiger partial charge on any atom is 0.348 e. The molecule has 21 heavy (non-hydrogen) atoms. The van der Waals surface area contributed by atoms with E-state index in [4.69, 9.17) is 4.42 Å². The lowest BCUT2D eigenvalue weighted by atomic mass is 10.1. The standard InChI is InChI=1S/C17H13NO3/c19-16-13-8-4-5-9-15(13)21-17(20)14(16)11-18-10-12-6-2-1-3-7-12/h1-9,11,19H,10H2/b18-11+. The van der Waals surface area contributed by atoms with Crippen molar-refractivity contribution in [1.82, 2.24) is 0 Å². The molecule has 0 bridgehead atoms. The van der Waals surface area contributed by atoms with E-state index in [2.05, 4.69) is 4.99 Å². The summed E-state index contributed by atoms with van der Waals surface area (Å²) in [7, 11) is 0. The summed E-state index contributed by atoms with van der Waals surface area (Å²) in [6.07, 6.45) is 1.36. The molecule has 0 amide bonds. The van der Waals surface area contributed by atoms with Crippen LogP contribution in [-0.2, 0) is 6.54 Å². The molecule has 0 saturated heterocycles. The fourth-order valence-electron chi connectivity index (χ4n) is 2.09. The highest BCUT2D eigenvalue weighted by molar-refractivity contribution is 5.93. The maximum absolute atomic E-state index is 11.9. The van der Waals surface area contributed by atoms with Gasteiger partial charge in [0.2, 0.25) is 0 Å². The molecule has 0 saturated carbocycles. The first-order valence-corrected chi connectivity index (χ1v) is 6.54. The van der Waals surface area contributed by atoms with Crippen molar-refractivity contribution in [3.63, 3.8) is 0 Å². The molecule has 1 heterocycles. The van der Waals surface area contributed by atoms with Gasteiger partial charge < -0.3 is 9.52 Å². The van der Waals surface area contributed by atoms with E-state index >= 15 is 0 Å². The Labute approximate surface area is 121 Å². The Morgan fingerprint density at radius 2 is 1.76 bits per heavy atom. The molecular weight excluding hydrogens is 266 g/mol. The number of nitrogens with zero attached hydrogens (tertiary/aromatic N) is 1. The van der Waals surface area contributed by atoms with Gasteiger partial charge in [0, 0.05) is 6.21 Å². The second-order valence-electron chi connectivity index (χ2n) is 4.60. The molecule has 104 valence electrons. The van der Waals surface area contributed by atoms with Crippen LogP contribution in [0, 0.1) is 0 Å². The Morgan fingerprint density at radius 1 is 1.05 bits per heavy atom. The summed E-state index contributed by atoms with van der Waals surface area (Å²) in [5, 5.41) is 10.7. The van der Waals surface area contributed by atoms with Crippen molar-refractivity contribution in [2.24, 2.45) is 4.99 Å². The number of fused-ring (bicyclic) bond motifs is 1. The van der Waals surface area contributed by atoms with Crippen LogP contribution in [0.3, 0.4) is 0 Å². The molecule has 0 atom stereocenters. The number of aliphatic imine (C=N–C) groups is 1. The van der Waals surface area contributed by atoms with Crippen LogP contribution in [-0.4, -0.2) is 11.3 Å². The number of hydrogen-bond acceptors (Lipinski definition) is 4. The first kappa shape index (κ1) is 13.1. The van der Waals surface area contributed by atoms with Crippen LogP contribution in [0.1, 0.15) is 11.1 Å². The van der Waals surface area contributed by atoms with E-state index in [0.29, 0.717) is 17.5 Å². The first-order chi connectivity index (χ1) is 10.3. The Hall–Kier alpha value is -2.88. The fraction of sp³-hybridized carbons (Fsp3) is 0.0588. The van der Waals surface area contributed by atoms with Gasteiger partial charge >= 0.3 is 5.63 Å². The number of para-hydroxylation sites is 1. The lowest BCUT2D eigenvalue weighted by Crippen LogP contribution is -2.07. The molecular formula is C17H13NO3. The quantitative estimate of drug-likeness (QED) is 0.592. The molecule has 0 aliphatic carbocycles. The molecule has 2 aromatic carbocycles. The second kappa shape index (κ2) is 5.63. The third kappa shape index (κ3) is 2.69. The summed E-state index contributed by atoms with van der Waals surface area (Å²) in [6.45, 7) is 0.437. The first-order valence-electron chi connectivity index (χ1n) is 6.54. The molecule has 4 heteroatoms. The molecule has 3 rings (SSSR count). The van der Waals surface area contributed by atoms with Crippen molar-refractivity contribution in [2.75, 3.05) is 0 Å². The summed E-state index contributed by atoms with van der Waals surface area (Å²) in [5.74, 6) is -0.0985. The third-order valence-electron chi connectivity index (χ3n) is 3.16. The maximum atomic E-state index is 11.9. The van der Waals surface area contributed by atoms with Gasteiger partial charge in [0.15, 0.2) is 0 Å². The Bertz CT molecular complexity index is 851. The van der Waals surface area contributed by atoms with Gasteiger partial charge in [-0.15, -0.1) is 0 Å². The lowest BCUT2D eigenvalue weighted by Gasteiger charge is -2.02. The van der Waals surface area contributed by atoms with Gasteiger partial charge in [-0.2, -0.15) is 0 Å². The highest BCUT2D eigenvalue weighted by Crippen LogP contribution is 2.24. The topological polar surface area (TPSA) is 62.8 Å². The Kier molecular flexibility index (Phi) is 3.51. The summed E-state index contributed by atoms with van der Waals surface area (Å²) in [4.78, 5) is 16.1. The zero-order valence-electron chi connectivity index (χ0n) is 11.2. The molecule has 0 aliphatic heterocycles. The SMILES string of the molecule is O=c1oc2ccccc2c(O)c1/C=N/Cc1ccccc1. The van der Waals surface area contributed by atoms with Crippen LogP contribution in [0.5, 0.6) is 5.75 Å². The van der Waals surface area contributed by atoms with Gasteiger partial charge in [-0.3, -0.25) is 4.99 Å². The van der Waals surface area contributed by atoms with Gasteiger partial charge in [-0.1, -0.05) is 42.5 Å². The fourth-order valence-corrected chi connectivity index (χ4v) is 2.09. The van der Waals surface area contributed by atoms with Crippen LogP contribution in [0.4, 0.5) is 0 Å². The van der Waals surface area contributed by atoms with Crippen LogP contribution < -0.4 is 5.63 Å². The van der Waals surface area contributed by atoms with Crippen molar-refractivity contribution < 1.29 is 9.52 Å². The highest BCUT2D eigenvalue weighted by Gasteiger charge is 2.11. The van der Waals surface area contributed by atoms with E-state index in [1.54, 1.807) is 24.3 Å². The lowest BCUT2D eigenvalue weighted by molar-refractivity contribution is 0.466. The predicted molar refractivity (Wildman–Crippen MR) is 81.9 cm³/mol. The number of aromatic hydroxyl groups is 1. The largest absolute Gasteiger partial charge is 0.506 e. The zero-order chi connectivity index (χ0) is 14.7. The number of rotatable bonds is 3. The molecule has 0 radical (unpaired) electrons. The van der Waals surface area contributed by atoms with Crippen molar-refractivity contribution in [2.45, 2.75) is 6.54 Å². The van der Waals surface area contributed by atoms with Gasteiger partial charge in [0.25, 0.3) is 0 Å². The van der Waals surface area contributed by atoms with Crippen LogP contribution >= 0.6 is 0 Å². The van der Waals surface area contributed by atoms with Crippen molar-refractivity contribution in [1.29, 1.82) is 0 Å². The summed E-state index contributed by atoms with van der Waals surface area (Å²) in [6, 6.07) is 16.5. The molecule has 1 N–H and O–H groups in total. The smallest absolute Gasteiger partial charge is 0.348 e. The van der Waals surface area contributed by atoms with Gasteiger partial charge in [-0.25, -0.2) is 4.79 Å².